The molecule has 112 valence electrons. The number of carbonyl (C=O) groups excluding carboxylic acids is 3. The highest BCUT2D eigenvalue weighted by Crippen LogP contribution is 2.24. The van der Waals surface area contributed by atoms with Gasteiger partial charge in [0, 0.05) is 11.5 Å². The number of rotatable bonds is 5. The minimum Gasteiger partial charge on any atom is -0.454 e. The molecule has 0 radical (unpaired) electrons. The van der Waals surface area contributed by atoms with E-state index in [1.165, 1.54) is 30.7 Å². The van der Waals surface area contributed by atoms with Crippen molar-refractivity contribution in [3.8, 4) is 0 Å². The van der Waals surface area contributed by atoms with Crippen LogP contribution in [-0.2, 0) is 9.53 Å². The second-order valence-corrected chi connectivity index (χ2v) is 5.32. The zero-order valence-corrected chi connectivity index (χ0v) is 11.8. The van der Waals surface area contributed by atoms with Gasteiger partial charge in [-0.05, 0) is 37.1 Å². The average Bonchev–Trinajstić information content (AvgIpc) is 2.53. The van der Waals surface area contributed by atoms with E-state index in [9.17, 15) is 14.4 Å². The summed E-state index contributed by atoms with van der Waals surface area (Å²) in [5.41, 5.74) is 5.75. The Labute approximate surface area is 123 Å². The molecule has 1 fully saturated rings. The Hall–Kier alpha value is -2.17. The van der Waals surface area contributed by atoms with Gasteiger partial charge in [-0.1, -0.05) is 19.3 Å². The summed E-state index contributed by atoms with van der Waals surface area (Å²) in [4.78, 5) is 34.7. The van der Waals surface area contributed by atoms with Crippen molar-refractivity contribution in [2.45, 2.75) is 32.1 Å². The first-order valence-corrected chi connectivity index (χ1v) is 7.17. The van der Waals surface area contributed by atoms with Gasteiger partial charge in [0.1, 0.15) is 0 Å². The van der Waals surface area contributed by atoms with Crippen LogP contribution in [0.5, 0.6) is 0 Å². The third kappa shape index (κ3) is 4.15. The van der Waals surface area contributed by atoms with Crippen LogP contribution in [0.2, 0.25) is 0 Å². The van der Waals surface area contributed by atoms with Crippen molar-refractivity contribution in [1.82, 2.24) is 0 Å². The van der Waals surface area contributed by atoms with E-state index in [0.717, 1.165) is 25.7 Å². The first kappa shape index (κ1) is 15.2. The molecule has 1 saturated carbocycles. The molecule has 2 rings (SSSR count). The fraction of sp³-hybridized carbons (Fsp3) is 0.438. The van der Waals surface area contributed by atoms with Crippen molar-refractivity contribution in [1.29, 1.82) is 0 Å². The summed E-state index contributed by atoms with van der Waals surface area (Å²) in [5.74, 6) is -1.09. The molecule has 0 heterocycles. The minimum atomic E-state index is -0.560. The molecule has 0 spiro atoms. The Balaban J connectivity index is 1.86. The maximum atomic E-state index is 11.9. The van der Waals surface area contributed by atoms with Crippen LogP contribution in [0.25, 0.3) is 0 Å². The molecule has 0 saturated heterocycles. The smallest absolute Gasteiger partial charge is 0.338 e. The highest BCUT2D eigenvalue weighted by Gasteiger charge is 2.22. The largest absolute Gasteiger partial charge is 0.454 e. The van der Waals surface area contributed by atoms with Gasteiger partial charge in [-0.15, -0.1) is 0 Å². The van der Waals surface area contributed by atoms with Crippen LogP contribution in [0.15, 0.2) is 24.3 Å². The molecule has 5 heteroatoms. The number of esters is 1. The van der Waals surface area contributed by atoms with Crippen molar-refractivity contribution in [3.63, 3.8) is 0 Å². The Morgan fingerprint density at radius 2 is 1.57 bits per heavy atom. The van der Waals surface area contributed by atoms with Crippen LogP contribution < -0.4 is 5.73 Å². The molecule has 21 heavy (non-hydrogen) atoms. The van der Waals surface area contributed by atoms with Gasteiger partial charge in [0.25, 0.3) is 0 Å². The van der Waals surface area contributed by atoms with E-state index < -0.39 is 11.9 Å². The third-order valence-electron chi connectivity index (χ3n) is 3.81. The standard InChI is InChI=1S/C16H19NO4/c17-15(19)12-6-8-13(9-7-12)16(20)21-10-14(18)11-4-2-1-3-5-11/h6-9,11H,1-5,10H2,(H2,17,19). The van der Waals surface area contributed by atoms with E-state index >= 15 is 0 Å². The fourth-order valence-electron chi connectivity index (χ4n) is 2.53. The monoisotopic (exact) mass is 289 g/mol. The van der Waals surface area contributed by atoms with Gasteiger partial charge in [0.05, 0.1) is 5.56 Å². The zero-order valence-electron chi connectivity index (χ0n) is 11.8. The second kappa shape index (κ2) is 7.02. The van der Waals surface area contributed by atoms with Crippen LogP contribution in [-0.4, -0.2) is 24.3 Å². The van der Waals surface area contributed by atoms with Gasteiger partial charge in [0.2, 0.25) is 5.91 Å². The van der Waals surface area contributed by atoms with Gasteiger partial charge < -0.3 is 10.5 Å². The molecule has 0 aliphatic heterocycles. The molecule has 1 aliphatic carbocycles. The van der Waals surface area contributed by atoms with Crippen molar-refractivity contribution < 1.29 is 19.1 Å². The number of nitrogens with two attached hydrogens (primary N) is 1. The summed E-state index contributed by atoms with van der Waals surface area (Å²) in [6.07, 6.45) is 5.10. The number of carbonyl (C=O) groups is 3. The molecule has 0 unspecified atom stereocenters. The number of ether oxygens (including phenoxy) is 1. The lowest BCUT2D eigenvalue weighted by molar-refractivity contribution is -0.126. The Morgan fingerprint density at radius 1 is 1.00 bits per heavy atom. The quantitative estimate of drug-likeness (QED) is 0.841. The number of primary amides is 1. The Morgan fingerprint density at radius 3 is 2.14 bits per heavy atom. The average molecular weight is 289 g/mol. The van der Waals surface area contributed by atoms with Gasteiger partial charge in [-0.2, -0.15) is 0 Å². The summed E-state index contributed by atoms with van der Waals surface area (Å²) in [5, 5.41) is 0. The van der Waals surface area contributed by atoms with Crippen molar-refractivity contribution in [2.24, 2.45) is 11.7 Å². The summed E-state index contributed by atoms with van der Waals surface area (Å²) in [7, 11) is 0. The number of Topliss-reactive ketones (excluding diaryl/α,β-unsaturated/α-hetero) is 1. The predicted octanol–water partition coefficient (Wildman–Crippen LogP) is 2.09. The zero-order chi connectivity index (χ0) is 15.2. The van der Waals surface area contributed by atoms with E-state index in [2.05, 4.69) is 0 Å². The molecular weight excluding hydrogens is 270 g/mol. The van der Waals surface area contributed by atoms with Gasteiger partial charge in [0.15, 0.2) is 12.4 Å². The van der Waals surface area contributed by atoms with E-state index in [1.807, 2.05) is 0 Å². The molecule has 1 aliphatic rings. The molecule has 5 nitrogen and oxygen atoms in total. The van der Waals surface area contributed by atoms with E-state index in [1.54, 1.807) is 0 Å². The molecule has 0 atom stereocenters. The number of ketones is 1. The van der Waals surface area contributed by atoms with Crippen molar-refractivity contribution in [3.05, 3.63) is 35.4 Å². The van der Waals surface area contributed by atoms with Gasteiger partial charge in [-0.3, -0.25) is 9.59 Å². The van der Waals surface area contributed by atoms with Crippen molar-refractivity contribution in [2.75, 3.05) is 6.61 Å². The first-order valence-electron chi connectivity index (χ1n) is 7.17. The molecule has 1 amide bonds. The Bertz CT molecular complexity index is 530. The summed E-state index contributed by atoms with van der Waals surface area (Å²) in [6.45, 7) is -0.179. The normalized spacial score (nSPS) is 15.4. The van der Waals surface area contributed by atoms with Crippen LogP contribution >= 0.6 is 0 Å². The number of hydrogen-bond donors (Lipinski definition) is 1. The van der Waals surface area contributed by atoms with Gasteiger partial charge in [-0.25, -0.2) is 4.79 Å². The maximum absolute atomic E-state index is 11.9. The lowest BCUT2D eigenvalue weighted by atomic mass is 9.86. The van der Waals surface area contributed by atoms with E-state index in [-0.39, 0.29) is 18.3 Å². The van der Waals surface area contributed by atoms with Gasteiger partial charge >= 0.3 is 5.97 Å². The first-order chi connectivity index (χ1) is 10.1. The SMILES string of the molecule is NC(=O)c1ccc(C(=O)OCC(=O)C2CCCCC2)cc1. The molecule has 2 N–H and O–H groups in total. The summed E-state index contributed by atoms with van der Waals surface area (Å²) < 4.78 is 5.04. The Kier molecular flexibility index (Phi) is 5.09. The number of benzene rings is 1. The third-order valence-corrected chi connectivity index (χ3v) is 3.81. The number of hydrogen-bond acceptors (Lipinski definition) is 4. The molecule has 1 aromatic carbocycles. The summed E-state index contributed by atoms with van der Waals surface area (Å²) in [6, 6.07) is 5.85. The van der Waals surface area contributed by atoms with E-state index in [4.69, 9.17) is 10.5 Å². The fourth-order valence-corrected chi connectivity index (χ4v) is 2.53. The predicted molar refractivity (Wildman–Crippen MR) is 76.8 cm³/mol. The highest BCUT2D eigenvalue weighted by molar-refractivity contribution is 5.95. The maximum Gasteiger partial charge on any atom is 0.338 e. The topological polar surface area (TPSA) is 86.5 Å². The highest BCUT2D eigenvalue weighted by atomic mass is 16.5. The van der Waals surface area contributed by atoms with Crippen LogP contribution in [0.4, 0.5) is 0 Å². The lowest BCUT2D eigenvalue weighted by Gasteiger charge is -2.19. The molecule has 1 aromatic rings. The molecule has 0 aromatic heterocycles. The lowest BCUT2D eigenvalue weighted by Crippen LogP contribution is -2.24. The summed E-state index contributed by atoms with van der Waals surface area (Å²) >= 11 is 0. The van der Waals surface area contributed by atoms with E-state index in [0.29, 0.717) is 11.1 Å². The minimum absolute atomic E-state index is 0.00296. The number of amides is 1. The van der Waals surface area contributed by atoms with Crippen LogP contribution in [0.3, 0.4) is 0 Å². The molecule has 0 bridgehead atoms. The van der Waals surface area contributed by atoms with Crippen molar-refractivity contribution >= 4 is 17.7 Å². The van der Waals surface area contributed by atoms with Crippen LogP contribution in [0.1, 0.15) is 52.8 Å². The second-order valence-electron chi connectivity index (χ2n) is 5.32. The molecular formula is C16H19NO4. The van der Waals surface area contributed by atoms with Crippen LogP contribution in [0, 0.1) is 5.92 Å².